The fraction of sp³-hybridized carbons (Fsp3) is 0.909. The van der Waals surface area contributed by atoms with Gasteiger partial charge in [-0.05, 0) is 19.8 Å². The molecule has 1 aliphatic rings. The molecular formula is C11H22N2O2. The number of hydrogen-bond donors (Lipinski definition) is 2. The molecule has 1 fully saturated rings. The quantitative estimate of drug-likeness (QED) is 0.694. The van der Waals surface area contributed by atoms with Crippen molar-refractivity contribution in [2.45, 2.75) is 51.8 Å². The molecule has 1 rings (SSSR count). The molecule has 2 N–H and O–H groups in total. The van der Waals surface area contributed by atoms with Gasteiger partial charge in [-0.3, -0.25) is 4.79 Å². The van der Waals surface area contributed by atoms with Crippen LogP contribution >= 0.6 is 0 Å². The number of aliphatic hydroxyl groups excluding tert-OH is 1. The second-order valence-electron chi connectivity index (χ2n) is 4.63. The van der Waals surface area contributed by atoms with Crippen molar-refractivity contribution >= 4 is 5.91 Å². The fourth-order valence-corrected chi connectivity index (χ4v) is 1.86. The minimum Gasteiger partial charge on any atom is -0.393 e. The molecule has 0 aromatic rings. The van der Waals surface area contributed by atoms with Gasteiger partial charge in [0.2, 0.25) is 5.91 Å². The topological polar surface area (TPSA) is 52.6 Å². The number of hydrogen-bond acceptors (Lipinski definition) is 3. The molecule has 2 unspecified atom stereocenters. The van der Waals surface area contributed by atoms with Crippen molar-refractivity contribution < 1.29 is 9.90 Å². The summed E-state index contributed by atoms with van der Waals surface area (Å²) in [6.07, 6.45) is 1.23. The zero-order chi connectivity index (χ0) is 11.4. The highest BCUT2D eigenvalue weighted by molar-refractivity contribution is 5.83. The third-order valence-electron chi connectivity index (χ3n) is 2.65. The van der Waals surface area contributed by atoms with E-state index in [4.69, 9.17) is 5.11 Å². The maximum Gasteiger partial charge on any atom is 0.239 e. The SMILES string of the molecule is CC(O)CCN1CCC(NC(C)C)C1=O. The Balaban J connectivity index is 2.35. The van der Waals surface area contributed by atoms with E-state index < -0.39 is 0 Å². The third-order valence-corrected chi connectivity index (χ3v) is 2.65. The standard InChI is InChI=1S/C11H22N2O2/c1-8(2)12-10-5-7-13(11(10)15)6-4-9(3)14/h8-10,12,14H,4-7H2,1-3H3. The predicted molar refractivity (Wildman–Crippen MR) is 59.6 cm³/mol. The van der Waals surface area contributed by atoms with Crippen LogP contribution in [-0.2, 0) is 4.79 Å². The zero-order valence-corrected chi connectivity index (χ0v) is 9.86. The Morgan fingerprint density at radius 3 is 2.73 bits per heavy atom. The molecule has 2 atom stereocenters. The van der Waals surface area contributed by atoms with Crippen LogP contribution in [0.5, 0.6) is 0 Å². The van der Waals surface area contributed by atoms with Crippen LogP contribution in [0, 0.1) is 0 Å². The van der Waals surface area contributed by atoms with Crippen molar-refractivity contribution in [3.05, 3.63) is 0 Å². The molecule has 0 radical (unpaired) electrons. The fourth-order valence-electron chi connectivity index (χ4n) is 1.86. The van der Waals surface area contributed by atoms with E-state index >= 15 is 0 Å². The lowest BCUT2D eigenvalue weighted by Gasteiger charge is -2.18. The van der Waals surface area contributed by atoms with E-state index in [1.165, 1.54) is 0 Å². The van der Waals surface area contributed by atoms with Gasteiger partial charge in [-0.2, -0.15) is 0 Å². The highest BCUT2D eigenvalue weighted by atomic mass is 16.3. The molecule has 0 spiro atoms. The van der Waals surface area contributed by atoms with E-state index in [9.17, 15) is 4.79 Å². The molecule has 15 heavy (non-hydrogen) atoms. The largest absolute Gasteiger partial charge is 0.393 e. The minimum atomic E-state index is -0.324. The van der Waals surface area contributed by atoms with E-state index in [2.05, 4.69) is 5.32 Å². The number of carbonyl (C=O) groups excluding carboxylic acids is 1. The number of carbonyl (C=O) groups is 1. The van der Waals surface area contributed by atoms with Gasteiger partial charge in [-0.1, -0.05) is 13.8 Å². The van der Waals surface area contributed by atoms with Gasteiger partial charge in [-0.15, -0.1) is 0 Å². The van der Waals surface area contributed by atoms with Gasteiger partial charge in [0.25, 0.3) is 0 Å². The molecule has 4 heteroatoms. The second-order valence-corrected chi connectivity index (χ2v) is 4.63. The molecule has 0 bridgehead atoms. The summed E-state index contributed by atoms with van der Waals surface area (Å²) in [5.74, 6) is 0.185. The van der Waals surface area contributed by atoms with Crippen molar-refractivity contribution in [1.29, 1.82) is 0 Å². The normalized spacial score (nSPS) is 23.9. The van der Waals surface area contributed by atoms with Crippen LogP contribution in [0.25, 0.3) is 0 Å². The summed E-state index contributed by atoms with van der Waals surface area (Å²) in [6.45, 7) is 7.34. The monoisotopic (exact) mass is 214 g/mol. The lowest BCUT2D eigenvalue weighted by molar-refractivity contribution is -0.129. The van der Waals surface area contributed by atoms with Gasteiger partial charge < -0.3 is 15.3 Å². The molecule has 4 nitrogen and oxygen atoms in total. The predicted octanol–water partition coefficient (Wildman–Crippen LogP) is 0.356. The Hall–Kier alpha value is -0.610. The molecule has 88 valence electrons. The third kappa shape index (κ3) is 3.80. The summed E-state index contributed by atoms with van der Waals surface area (Å²) < 4.78 is 0. The summed E-state index contributed by atoms with van der Waals surface area (Å²) in [7, 11) is 0. The van der Waals surface area contributed by atoms with Gasteiger partial charge in [0.05, 0.1) is 12.1 Å². The Morgan fingerprint density at radius 2 is 2.20 bits per heavy atom. The van der Waals surface area contributed by atoms with Crippen molar-refractivity contribution in [2.24, 2.45) is 0 Å². The molecule has 0 aromatic heterocycles. The number of aliphatic hydroxyl groups is 1. The van der Waals surface area contributed by atoms with Crippen LogP contribution in [0.4, 0.5) is 0 Å². The molecule has 1 amide bonds. The molecule has 0 saturated carbocycles. The van der Waals surface area contributed by atoms with Crippen LogP contribution < -0.4 is 5.32 Å². The first kappa shape index (κ1) is 12.5. The lowest BCUT2D eigenvalue weighted by atomic mass is 10.2. The number of amides is 1. The number of rotatable bonds is 5. The van der Waals surface area contributed by atoms with E-state index in [-0.39, 0.29) is 18.1 Å². The Bertz CT molecular complexity index is 217. The van der Waals surface area contributed by atoms with Gasteiger partial charge in [0.1, 0.15) is 0 Å². The van der Waals surface area contributed by atoms with E-state index in [1.807, 2.05) is 18.7 Å². The summed E-state index contributed by atoms with van der Waals surface area (Å²) in [5, 5.41) is 12.4. The van der Waals surface area contributed by atoms with Gasteiger partial charge in [-0.25, -0.2) is 0 Å². The van der Waals surface area contributed by atoms with Crippen molar-refractivity contribution in [3.8, 4) is 0 Å². The van der Waals surface area contributed by atoms with Crippen molar-refractivity contribution in [1.82, 2.24) is 10.2 Å². The average Bonchev–Trinajstić information content (AvgIpc) is 2.44. The number of nitrogens with one attached hydrogen (secondary N) is 1. The van der Waals surface area contributed by atoms with Crippen LogP contribution in [0.15, 0.2) is 0 Å². The van der Waals surface area contributed by atoms with Crippen LogP contribution in [0.1, 0.15) is 33.6 Å². The van der Waals surface area contributed by atoms with Gasteiger partial charge in [0.15, 0.2) is 0 Å². The molecule has 1 heterocycles. The summed E-state index contributed by atoms with van der Waals surface area (Å²) in [6, 6.07) is 0.328. The highest BCUT2D eigenvalue weighted by Crippen LogP contribution is 2.12. The number of likely N-dealkylation sites (tertiary alicyclic amines) is 1. The van der Waals surface area contributed by atoms with Gasteiger partial charge >= 0.3 is 0 Å². The van der Waals surface area contributed by atoms with E-state index in [1.54, 1.807) is 6.92 Å². The first-order valence-corrected chi connectivity index (χ1v) is 5.73. The Morgan fingerprint density at radius 1 is 1.53 bits per heavy atom. The maximum absolute atomic E-state index is 11.8. The second kappa shape index (κ2) is 5.47. The molecular weight excluding hydrogens is 192 g/mol. The summed E-state index contributed by atoms with van der Waals surface area (Å²) in [5.41, 5.74) is 0. The first-order valence-electron chi connectivity index (χ1n) is 5.73. The van der Waals surface area contributed by atoms with Crippen molar-refractivity contribution in [2.75, 3.05) is 13.1 Å². The maximum atomic E-state index is 11.8. The molecule has 0 aliphatic carbocycles. The van der Waals surface area contributed by atoms with Gasteiger partial charge in [0, 0.05) is 19.1 Å². The van der Waals surface area contributed by atoms with E-state index in [0.29, 0.717) is 19.0 Å². The Kier molecular flexibility index (Phi) is 4.54. The summed E-state index contributed by atoms with van der Waals surface area (Å²) >= 11 is 0. The highest BCUT2D eigenvalue weighted by Gasteiger charge is 2.31. The average molecular weight is 214 g/mol. The molecule has 1 saturated heterocycles. The summed E-state index contributed by atoms with van der Waals surface area (Å²) in [4.78, 5) is 13.7. The van der Waals surface area contributed by atoms with Crippen LogP contribution in [0.3, 0.4) is 0 Å². The van der Waals surface area contributed by atoms with Crippen LogP contribution in [0.2, 0.25) is 0 Å². The number of nitrogens with zero attached hydrogens (tertiary/aromatic N) is 1. The Labute approximate surface area is 91.6 Å². The molecule has 1 aliphatic heterocycles. The minimum absolute atomic E-state index is 0.0148. The first-order chi connectivity index (χ1) is 7.00. The lowest BCUT2D eigenvalue weighted by Crippen LogP contribution is -2.41. The van der Waals surface area contributed by atoms with E-state index in [0.717, 1.165) is 13.0 Å². The molecule has 0 aromatic carbocycles. The smallest absolute Gasteiger partial charge is 0.239 e. The van der Waals surface area contributed by atoms with Crippen molar-refractivity contribution in [3.63, 3.8) is 0 Å². The van der Waals surface area contributed by atoms with Crippen LogP contribution in [-0.4, -0.2) is 47.2 Å². The zero-order valence-electron chi connectivity index (χ0n) is 9.86.